The van der Waals surface area contributed by atoms with Crippen LogP contribution in [0, 0.1) is 5.92 Å². The van der Waals surface area contributed by atoms with Gasteiger partial charge < -0.3 is 14.8 Å². The van der Waals surface area contributed by atoms with E-state index in [-0.39, 0.29) is 24.0 Å². The maximum absolute atomic E-state index is 12.4. The number of halogens is 3. The number of carbonyl (C=O) groups excluding carboxylic acids is 1. The van der Waals surface area contributed by atoms with Crippen molar-refractivity contribution in [2.24, 2.45) is 5.92 Å². The van der Waals surface area contributed by atoms with E-state index in [1.54, 1.807) is 6.07 Å². The van der Waals surface area contributed by atoms with Crippen LogP contribution in [0.25, 0.3) is 0 Å². The molecule has 1 aromatic rings. The van der Waals surface area contributed by atoms with Gasteiger partial charge in [0.1, 0.15) is 5.60 Å². The zero-order chi connectivity index (χ0) is 20.4. The smallest absolute Gasteiger partial charge is 0.401 e. The number of hydrogen-bond acceptors (Lipinski definition) is 4. The molecule has 1 fully saturated rings. The summed E-state index contributed by atoms with van der Waals surface area (Å²) in [7, 11) is 0. The van der Waals surface area contributed by atoms with E-state index in [0.717, 1.165) is 12.0 Å². The van der Waals surface area contributed by atoms with Gasteiger partial charge in [-0.3, -0.25) is 9.69 Å². The van der Waals surface area contributed by atoms with E-state index in [9.17, 15) is 18.0 Å². The van der Waals surface area contributed by atoms with E-state index < -0.39 is 12.7 Å². The van der Waals surface area contributed by atoms with E-state index in [0.29, 0.717) is 44.0 Å². The van der Waals surface area contributed by atoms with E-state index in [1.807, 2.05) is 26.0 Å². The van der Waals surface area contributed by atoms with Crippen LogP contribution in [0.2, 0.25) is 0 Å². The zero-order valence-electron chi connectivity index (χ0n) is 16.3. The van der Waals surface area contributed by atoms with Crippen molar-refractivity contribution < 1.29 is 27.4 Å². The number of benzene rings is 1. The summed E-state index contributed by atoms with van der Waals surface area (Å²) in [5, 5.41) is 2.82. The summed E-state index contributed by atoms with van der Waals surface area (Å²) in [4.78, 5) is 13.5. The first-order valence-corrected chi connectivity index (χ1v) is 9.61. The number of piperidine rings is 1. The molecule has 1 saturated heterocycles. The molecule has 2 aliphatic rings. The van der Waals surface area contributed by atoms with Crippen molar-refractivity contribution in [1.29, 1.82) is 0 Å². The molecule has 0 unspecified atom stereocenters. The lowest BCUT2D eigenvalue weighted by Gasteiger charge is -2.32. The Labute approximate surface area is 163 Å². The van der Waals surface area contributed by atoms with Crippen LogP contribution in [0.5, 0.6) is 11.5 Å². The number of nitrogens with one attached hydrogen (secondary N) is 1. The Morgan fingerprint density at radius 3 is 2.71 bits per heavy atom. The molecule has 0 bridgehead atoms. The predicted molar refractivity (Wildman–Crippen MR) is 98.6 cm³/mol. The summed E-state index contributed by atoms with van der Waals surface area (Å²) >= 11 is 0. The minimum atomic E-state index is -4.16. The average molecular weight is 400 g/mol. The van der Waals surface area contributed by atoms with Crippen LogP contribution in [0.1, 0.15) is 32.3 Å². The van der Waals surface area contributed by atoms with Crippen molar-refractivity contribution in [3.05, 3.63) is 23.8 Å². The largest absolute Gasteiger partial charge is 0.483 e. The number of alkyl halides is 3. The van der Waals surface area contributed by atoms with Crippen molar-refractivity contribution in [2.45, 2.75) is 44.9 Å². The van der Waals surface area contributed by atoms with Gasteiger partial charge in [0, 0.05) is 18.5 Å². The topological polar surface area (TPSA) is 50.8 Å². The number of nitrogens with zero attached hydrogens (tertiary/aromatic N) is 1. The van der Waals surface area contributed by atoms with Crippen LogP contribution < -0.4 is 14.8 Å². The molecular weight excluding hydrogens is 373 g/mol. The summed E-state index contributed by atoms with van der Waals surface area (Å²) in [5.41, 5.74) is 0.777. The summed E-state index contributed by atoms with van der Waals surface area (Å²) in [6.07, 6.45) is -2.08. The number of amides is 1. The van der Waals surface area contributed by atoms with Crippen molar-refractivity contribution in [1.82, 2.24) is 10.2 Å². The van der Waals surface area contributed by atoms with E-state index in [1.165, 1.54) is 4.90 Å². The molecule has 1 aromatic carbocycles. The predicted octanol–water partition coefficient (Wildman–Crippen LogP) is 3.17. The van der Waals surface area contributed by atoms with Gasteiger partial charge in [-0.15, -0.1) is 0 Å². The second-order valence-electron chi connectivity index (χ2n) is 8.21. The average Bonchev–Trinajstić information content (AvgIpc) is 2.92. The Bertz CT molecular complexity index is 698. The van der Waals surface area contributed by atoms with Crippen molar-refractivity contribution in [3.63, 3.8) is 0 Å². The first-order valence-electron chi connectivity index (χ1n) is 9.61. The summed E-state index contributed by atoms with van der Waals surface area (Å²) in [5.74, 6) is 1.20. The molecule has 0 saturated carbocycles. The standard InChI is InChI=1S/C20H27F3N2O3/c1-19(2)10-15-4-3-5-16(18(15)28-19)27-12-17(26)24-11-14-6-8-25(9-7-14)13-20(21,22)23/h3-5,14H,6-13H2,1-2H3,(H,24,26). The Balaban J connectivity index is 1.39. The molecule has 2 heterocycles. The highest BCUT2D eigenvalue weighted by Crippen LogP contribution is 2.41. The fraction of sp³-hybridized carbons (Fsp3) is 0.650. The van der Waals surface area contributed by atoms with Gasteiger partial charge in [-0.05, 0) is 51.8 Å². The number of rotatable bonds is 6. The van der Waals surface area contributed by atoms with Gasteiger partial charge in [0.25, 0.3) is 5.91 Å². The molecule has 0 spiro atoms. The molecule has 0 radical (unpaired) electrons. The molecule has 3 rings (SSSR count). The lowest BCUT2D eigenvalue weighted by atomic mass is 9.97. The maximum atomic E-state index is 12.4. The molecule has 1 amide bonds. The van der Waals surface area contributed by atoms with Crippen LogP contribution in [0.15, 0.2) is 18.2 Å². The van der Waals surface area contributed by atoms with Crippen LogP contribution >= 0.6 is 0 Å². The highest BCUT2D eigenvalue weighted by molar-refractivity contribution is 5.77. The van der Waals surface area contributed by atoms with Crippen LogP contribution in [-0.2, 0) is 11.2 Å². The first-order chi connectivity index (χ1) is 13.1. The third-order valence-corrected chi connectivity index (χ3v) is 5.11. The van der Waals surface area contributed by atoms with Gasteiger partial charge >= 0.3 is 6.18 Å². The Morgan fingerprint density at radius 2 is 2.04 bits per heavy atom. The number of hydrogen-bond donors (Lipinski definition) is 1. The van der Waals surface area contributed by atoms with Gasteiger partial charge in [-0.1, -0.05) is 12.1 Å². The second kappa shape index (κ2) is 8.19. The van der Waals surface area contributed by atoms with Crippen molar-refractivity contribution in [2.75, 3.05) is 32.8 Å². The summed E-state index contributed by atoms with van der Waals surface area (Å²) in [6.45, 7) is 4.29. The molecular formula is C20H27F3N2O3. The SMILES string of the molecule is CC1(C)Cc2cccc(OCC(=O)NCC3CCN(CC(F)(F)F)CC3)c2O1. The van der Waals surface area contributed by atoms with E-state index >= 15 is 0 Å². The molecule has 0 atom stereocenters. The highest BCUT2D eigenvalue weighted by atomic mass is 19.4. The monoisotopic (exact) mass is 400 g/mol. The number of ether oxygens (including phenoxy) is 2. The second-order valence-corrected chi connectivity index (χ2v) is 8.21. The molecule has 156 valence electrons. The Morgan fingerprint density at radius 1 is 1.32 bits per heavy atom. The van der Waals surface area contributed by atoms with Crippen molar-refractivity contribution >= 4 is 5.91 Å². The Hall–Kier alpha value is -1.96. The molecule has 0 aromatic heterocycles. The lowest BCUT2D eigenvalue weighted by Crippen LogP contribution is -2.43. The van der Waals surface area contributed by atoms with Gasteiger partial charge in [-0.25, -0.2) is 0 Å². The van der Waals surface area contributed by atoms with Gasteiger partial charge in [-0.2, -0.15) is 13.2 Å². The van der Waals surface area contributed by atoms with E-state index in [4.69, 9.17) is 9.47 Å². The molecule has 1 N–H and O–H groups in total. The third kappa shape index (κ3) is 5.77. The lowest BCUT2D eigenvalue weighted by molar-refractivity contribution is -0.148. The van der Waals surface area contributed by atoms with Crippen LogP contribution in [0.4, 0.5) is 13.2 Å². The molecule has 5 nitrogen and oxygen atoms in total. The van der Waals surface area contributed by atoms with Gasteiger partial charge in [0.05, 0.1) is 6.54 Å². The molecule has 0 aliphatic carbocycles. The minimum absolute atomic E-state index is 0.118. The molecule has 28 heavy (non-hydrogen) atoms. The van der Waals surface area contributed by atoms with E-state index in [2.05, 4.69) is 5.32 Å². The zero-order valence-corrected chi connectivity index (χ0v) is 16.3. The molecule has 2 aliphatic heterocycles. The number of carbonyl (C=O) groups is 1. The molecule has 8 heteroatoms. The maximum Gasteiger partial charge on any atom is 0.401 e. The summed E-state index contributed by atoms with van der Waals surface area (Å²) in [6, 6.07) is 5.65. The van der Waals surface area contributed by atoms with Gasteiger partial charge in [0.2, 0.25) is 0 Å². The fourth-order valence-electron chi connectivity index (χ4n) is 3.76. The van der Waals surface area contributed by atoms with Crippen LogP contribution in [0.3, 0.4) is 0 Å². The normalized spacial score (nSPS) is 19.8. The van der Waals surface area contributed by atoms with Crippen LogP contribution in [-0.4, -0.2) is 55.4 Å². The number of fused-ring (bicyclic) bond motifs is 1. The van der Waals surface area contributed by atoms with Crippen molar-refractivity contribution in [3.8, 4) is 11.5 Å². The van der Waals surface area contributed by atoms with Gasteiger partial charge in [0.15, 0.2) is 18.1 Å². The minimum Gasteiger partial charge on any atom is -0.483 e. The quantitative estimate of drug-likeness (QED) is 0.797. The Kier molecular flexibility index (Phi) is 6.07. The number of para-hydroxylation sites is 1. The summed E-state index contributed by atoms with van der Waals surface area (Å²) < 4.78 is 48.8. The highest BCUT2D eigenvalue weighted by Gasteiger charge is 2.33. The first kappa shape index (κ1) is 20.8. The third-order valence-electron chi connectivity index (χ3n) is 5.11. The fourth-order valence-corrected chi connectivity index (χ4v) is 3.76. The number of likely N-dealkylation sites (tertiary alicyclic amines) is 1.